The van der Waals surface area contributed by atoms with Crippen LogP contribution in [0.15, 0.2) is 36.9 Å². The van der Waals surface area contributed by atoms with E-state index in [1.807, 2.05) is 4.90 Å². The minimum Gasteiger partial charge on any atom is -0.339 e. The Morgan fingerprint density at radius 1 is 1.19 bits per heavy atom. The minimum atomic E-state index is -0.257. The second-order valence-electron chi connectivity index (χ2n) is 6.23. The Labute approximate surface area is 125 Å². The largest absolute Gasteiger partial charge is 0.339 e. The molecule has 1 N–H and O–H groups in total. The smallest absolute Gasteiger partial charge is 0.253 e. The number of hydrogen-bond acceptors (Lipinski definition) is 2. The quantitative estimate of drug-likeness (QED) is 0.868. The van der Waals surface area contributed by atoms with Crippen LogP contribution in [0.3, 0.4) is 0 Å². The van der Waals surface area contributed by atoms with Gasteiger partial charge in [-0.25, -0.2) is 0 Å². The van der Waals surface area contributed by atoms with Crippen molar-refractivity contribution in [3.63, 3.8) is 0 Å². The van der Waals surface area contributed by atoms with Gasteiger partial charge in [-0.15, -0.1) is 0 Å². The van der Waals surface area contributed by atoms with Crippen molar-refractivity contribution in [1.82, 2.24) is 4.90 Å². The molecule has 0 saturated carbocycles. The molecule has 0 aromatic heterocycles. The summed E-state index contributed by atoms with van der Waals surface area (Å²) in [7, 11) is 0. The van der Waals surface area contributed by atoms with Crippen LogP contribution in [0.25, 0.3) is 0 Å². The number of amides is 2. The molecule has 1 fully saturated rings. The Morgan fingerprint density at radius 2 is 1.76 bits per heavy atom. The van der Waals surface area contributed by atoms with Gasteiger partial charge in [0.25, 0.3) is 5.91 Å². The lowest BCUT2D eigenvalue weighted by Crippen LogP contribution is -2.41. The molecule has 1 heterocycles. The fraction of sp³-hybridized carbons (Fsp3) is 0.412. The van der Waals surface area contributed by atoms with Gasteiger partial charge in [-0.1, -0.05) is 20.4 Å². The first kappa shape index (κ1) is 15.3. The number of likely N-dealkylation sites (tertiary alicyclic amines) is 1. The van der Waals surface area contributed by atoms with Crippen molar-refractivity contribution in [2.75, 3.05) is 18.4 Å². The number of carbonyl (C=O) groups is 2. The van der Waals surface area contributed by atoms with Crippen molar-refractivity contribution in [3.05, 3.63) is 42.5 Å². The number of nitrogens with one attached hydrogen (secondary N) is 1. The molecular formula is C17H22N2O2. The van der Waals surface area contributed by atoms with Gasteiger partial charge in [-0.3, -0.25) is 9.59 Å². The monoisotopic (exact) mass is 286 g/mol. The number of anilines is 1. The van der Waals surface area contributed by atoms with E-state index in [-0.39, 0.29) is 11.8 Å². The van der Waals surface area contributed by atoms with Crippen LogP contribution in [0.4, 0.5) is 5.69 Å². The highest BCUT2D eigenvalue weighted by atomic mass is 16.2. The van der Waals surface area contributed by atoms with E-state index in [9.17, 15) is 9.59 Å². The predicted molar refractivity (Wildman–Crippen MR) is 84.2 cm³/mol. The van der Waals surface area contributed by atoms with E-state index in [1.54, 1.807) is 24.3 Å². The van der Waals surface area contributed by atoms with E-state index in [0.717, 1.165) is 25.9 Å². The summed E-state index contributed by atoms with van der Waals surface area (Å²) in [5.74, 6) is -0.195. The fourth-order valence-electron chi connectivity index (χ4n) is 2.39. The number of carbonyl (C=O) groups excluding carboxylic acids is 2. The van der Waals surface area contributed by atoms with Gasteiger partial charge in [0.05, 0.1) is 0 Å². The van der Waals surface area contributed by atoms with E-state index >= 15 is 0 Å². The van der Waals surface area contributed by atoms with Gasteiger partial charge in [0.1, 0.15) is 0 Å². The molecule has 4 nitrogen and oxygen atoms in total. The van der Waals surface area contributed by atoms with Gasteiger partial charge in [-0.05, 0) is 48.6 Å². The van der Waals surface area contributed by atoms with Crippen molar-refractivity contribution in [2.45, 2.75) is 26.7 Å². The molecule has 0 spiro atoms. The molecule has 2 amide bonds. The molecule has 0 unspecified atom stereocenters. The van der Waals surface area contributed by atoms with Crippen LogP contribution >= 0.6 is 0 Å². The second-order valence-corrected chi connectivity index (χ2v) is 6.23. The lowest BCUT2D eigenvalue weighted by molar-refractivity contribution is -0.111. The maximum absolute atomic E-state index is 12.4. The van der Waals surface area contributed by atoms with Crippen LogP contribution in [-0.2, 0) is 4.79 Å². The first-order valence-electron chi connectivity index (χ1n) is 7.24. The molecule has 0 bridgehead atoms. The highest BCUT2D eigenvalue weighted by Crippen LogP contribution is 2.30. The van der Waals surface area contributed by atoms with Crippen molar-refractivity contribution in [2.24, 2.45) is 5.41 Å². The zero-order valence-electron chi connectivity index (χ0n) is 12.7. The number of nitrogens with zero attached hydrogens (tertiary/aromatic N) is 1. The Balaban J connectivity index is 2.00. The highest BCUT2D eigenvalue weighted by Gasteiger charge is 2.28. The number of rotatable bonds is 3. The summed E-state index contributed by atoms with van der Waals surface area (Å²) in [5.41, 5.74) is 1.65. The minimum absolute atomic E-state index is 0.0621. The molecule has 112 valence electrons. The van der Waals surface area contributed by atoms with Crippen LogP contribution in [0, 0.1) is 5.41 Å². The van der Waals surface area contributed by atoms with Gasteiger partial charge in [0.2, 0.25) is 5.91 Å². The van der Waals surface area contributed by atoms with Crippen LogP contribution in [0.2, 0.25) is 0 Å². The summed E-state index contributed by atoms with van der Waals surface area (Å²) in [5, 5.41) is 2.67. The average molecular weight is 286 g/mol. The van der Waals surface area contributed by atoms with E-state index in [4.69, 9.17) is 0 Å². The van der Waals surface area contributed by atoms with Gasteiger partial charge in [0, 0.05) is 24.3 Å². The molecule has 1 saturated heterocycles. The lowest BCUT2D eigenvalue weighted by Gasteiger charge is -2.37. The third kappa shape index (κ3) is 3.94. The SMILES string of the molecule is C=CC(=O)Nc1ccc(C(=O)N2CCC(C)(C)CC2)cc1. The van der Waals surface area contributed by atoms with Crippen molar-refractivity contribution >= 4 is 17.5 Å². The van der Waals surface area contributed by atoms with Gasteiger partial charge >= 0.3 is 0 Å². The number of hydrogen-bond donors (Lipinski definition) is 1. The van der Waals surface area contributed by atoms with E-state index < -0.39 is 0 Å². The highest BCUT2D eigenvalue weighted by molar-refractivity contribution is 5.99. The molecule has 0 radical (unpaired) electrons. The Morgan fingerprint density at radius 3 is 2.29 bits per heavy atom. The number of piperidine rings is 1. The van der Waals surface area contributed by atoms with E-state index in [2.05, 4.69) is 25.7 Å². The molecule has 2 rings (SSSR count). The van der Waals surface area contributed by atoms with Gasteiger partial charge < -0.3 is 10.2 Å². The Kier molecular flexibility index (Phi) is 4.46. The predicted octanol–water partition coefficient (Wildman–Crippen LogP) is 3.07. The lowest BCUT2D eigenvalue weighted by atomic mass is 9.82. The van der Waals surface area contributed by atoms with Gasteiger partial charge in [-0.2, -0.15) is 0 Å². The van der Waals surface area contributed by atoms with Crippen LogP contribution in [0.5, 0.6) is 0 Å². The molecule has 1 aliphatic heterocycles. The van der Waals surface area contributed by atoms with Crippen molar-refractivity contribution in [3.8, 4) is 0 Å². The van der Waals surface area contributed by atoms with Gasteiger partial charge in [0.15, 0.2) is 0 Å². The second kappa shape index (κ2) is 6.12. The standard InChI is InChI=1S/C17H22N2O2/c1-4-15(20)18-14-7-5-13(6-8-14)16(21)19-11-9-17(2,3)10-12-19/h4-8H,1,9-12H2,2-3H3,(H,18,20). The molecule has 21 heavy (non-hydrogen) atoms. The summed E-state index contributed by atoms with van der Waals surface area (Å²) < 4.78 is 0. The van der Waals surface area contributed by atoms with E-state index in [1.165, 1.54) is 6.08 Å². The summed E-state index contributed by atoms with van der Waals surface area (Å²) in [6.45, 7) is 9.50. The summed E-state index contributed by atoms with van der Waals surface area (Å²) in [6, 6.07) is 6.98. The topological polar surface area (TPSA) is 49.4 Å². The van der Waals surface area contributed by atoms with Crippen LogP contribution in [-0.4, -0.2) is 29.8 Å². The first-order chi connectivity index (χ1) is 9.91. The number of benzene rings is 1. The molecular weight excluding hydrogens is 264 g/mol. The fourth-order valence-corrected chi connectivity index (χ4v) is 2.39. The summed E-state index contributed by atoms with van der Waals surface area (Å²) in [4.78, 5) is 25.5. The molecule has 1 aliphatic rings. The maximum atomic E-state index is 12.4. The third-order valence-electron chi connectivity index (χ3n) is 3.99. The molecule has 0 aliphatic carbocycles. The first-order valence-corrected chi connectivity index (χ1v) is 7.24. The Bertz CT molecular complexity index is 536. The van der Waals surface area contributed by atoms with E-state index in [0.29, 0.717) is 16.7 Å². The summed E-state index contributed by atoms with van der Waals surface area (Å²) in [6.07, 6.45) is 3.28. The molecule has 1 aromatic rings. The summed E-state index contributed by atoms with van der Waals surface area (Å²) >= 11 is 0. The zero-order valence-corrected chi connectivity index (χ0v) is 12.7. The van der Waals surface area contributed by atoms with Crippen LogP contribution < -0.4 is 5.32 Å². The van der Waals surface area contributed by atoms with Crippen molar-refractivity contribution in [1.29, 1.82) is 0 Å². The third-order valence-corrected chi connectivity index (χ3v) is 3.99. The van der Waals surface area contributed by atoms with Crippen molar-refractivity contribution < 1.29 is 9.59 Å². The normalized spacial score (nSPS) is 17.1. The zero-order chi connectivity index (χ0) is 15.5. The average Bonchev–Trinajstić information content (AvgIpc) is 2.47. The maximum Gasteiger partial charge on any atom is 0.253 e. The molecule has 0 atom stereocenters. The molecule has 1 aromatic carbocycles. The molecule has 4 heteroatoms. The van der Waals surface area contributed by atoms with Crippen LogP contribution in [0.1, 0.15) is 37.0 Å². The Hall–Kier alpha value is -2.10.